The van der Waals surface area contributed by atoms with Crippen LogP contribution >= 0.6 is 0 Å². The number of aromatic nitrogens is 1. The molecule has 1 aliphatic carbocycles. The number of carbonyl (C=O) groups is 2. The maximum atomic E-state index is 12.8. The molecule has 1 aliphatic heterocycles. The van der Waals surface area contributed by atoms with Crippen LogP contribution in [-0.4, -0.2) is 41.3 Å². The number of hydrogen-bond donors (Lipinski definition) is 1. The number of carbonyl (C=O) groups excluding carboxylic acids is 2. The zero-order chi connectivity index (χ0) is 22.2. The van der Waals surface area contributed by atoms with E-state index in [-0.39, 0.29) is 35.3 Å². The summed E-state index contributed by atoms with van der Waals surface area (Å²) in [6.45, 7) is 0.819. The molecule has 1 spiro atoms. The van der Waals surface area contributed by atoms with Crippen LogP contribution in [0, 0.1) is 5.41 Å². The van der Waals surface area contributed by atoms with Crippen molar-refractivity contribution in [2.75, 3.05) is 13.1 Å². The third kappa shape index (κ3) is 4.59. The van der Waals surface area contributed by atoms with Crippen molar-refractivity contribution in [3.63, 3.8) is 0 Å². The van der Waals surface area contributed by atoms with Gasteiger partial charge in [-0.25, -0.2) is 4.79 Å². The number of ether oxygens (including phenoxy) is 2. The summed E-state index contributed by atoms with van der Waals surface area (Å²) in [5, 5.41) is 3.47. The maximum absolute atomic E-state index is 12.8. The minimum absolute atomic E-state index is 0.0487. The molecule has 0 bridgehead atoms. The van der Waals surface area contributed by atoms with Gasteiger partial charge < -0.3 is 24.6 Å². The fourth-order valence-corrected chi connectivity index (χ4v) is 4.07. The lowest BCUT2D eigenvalue weighted by Crippen LogP contribution is -2.46. The lowest BCUT2D eigenvalue weighted by atomic mass is 9.66. The van der Waals surface area contributed by atoms with Crippen molar-refractivity contribution in [3.8, 4) is 5.75 Å². The molecule has 1 saturated carbocycles. The van der Waals surface area contributed by atoms with Gasteiger partial charge >= 0.3 is 12.3 Å². The Hall–Kier alpha value is -3.24. The number of alkyl halides is 3. The summed E-state index contributed by atoms with van der Waals surface area (Å²) < 4.78 is 54.3. The molecular formula is C20H20F3N3O5. The Kier molecular flexibility index (Phi) is 5.28. The van der Waals surface area contributed by atoms with Crippen LogP contribution in [-0.2, 0) is 17.5 Å². The van der Waals surface area contributed by atoms with Crippen LogP contribution in [0.5, 0.6) is 5.75 Å². The molecule has 166 valence electrons. The van der Waals surface area contributed by atoms with Gasteiger partial charge in [-0.15, -0.1) is 0 Å². The highest BCUT2D eigenvalue weighted by molar-refractivity contribution is 5.90. The van der Waals surface area contributed by atoms with E-state index in [9.17, 15) is 22.8 Å². The molecule has 1 saturated heterocycles. The minimum atomic E-state index is -4.42. The zero-order valence-corrected chi connectivity index (χ0v) is 16.4. The lowest BCUT2D eigenvalue weighted by Gasteiger charge is -2.44. The van der Waals surface area contributed by atoms with Crippen molar-refractivity contribution < 1.29 is 36.8 Å². The number of halogens is 3. The van der Waals surface area contributed by atoms with Gasteiger partial charge in [-0.2, -0.15) is 13.2 Å². The van der Waals surface area contributed by atoms with Crippen LogP contribution in [0.25, 0.3) is 0 Å². The van der Waals surface area contributed by atoms with E-state index < -0.39 is 23.7 Å². The summed E-state index contributed by atoms with van der Waals surface area (Å²) in [7, 11) is 0. The zero-order valence-electron chi connectivity index (χ0n) is 16.4. The van der Waals surface area contributed by atoms with Gasteiger partial charge in [0, 0.05) is 19.2 Å². The summed E-state index contributed by atoms with van der Waals surface area (Å²) in [4.78, 5) is 24.9. The highest BCUT2D eigenvalue weighted by atomic mass is 19.4. The van der Waals surface area contributed by atoms with Crippen LogP contribution < -0.4 is 10.5 Å². The standard InChI is InChI=1S/C20H20F3N3O5/c21-20(22,23)12-2-1-3-13(6-12)30-15-8-19(9-15)4-5-26(11-19)18(28)29-10-14-7-16(17(24)27)25-31-14/h1-3,6-7,15H,4-5,8-11H2,(H2,24,27). The van der Waals surface area contributed by atoms with Crippen LogP contribution in [0.4, 0.5) is 18.0 Å². The molecule has 2 aromatic rings. The van der Waals surface area contributed by atoms with Gasteiger partial charge in [0.05, 0.1) is 11.7 Å². The second-order valence-corrected chi connectivity index (χ2v) is 7.94. The Balaban J connectivity index is 1.25. The molecule has 2 fully saturated rings. The molecule has 2 amide bonds. The van der Waals surface area contributed by atoms with Gasteiger partial charge in [-0.3, -0.25) is 4.79 Å². The maximum Gasteiger partial charge on any atom is 0.416 e. The first-order valence-electron chi connectivity index (χ1n) is 9.65. The smallest absolute Gasteiger partial charge is 0.416 e. The van der Waals surface area contributed by atoms with Crippen LogP contribution in [0.1, 0.15) is 41.1 Å². The predicted molar refractivity (Wildman–Crippen MR) is 98.9 cm³/mol. The summed E-state index contributed by atoms with van der Waals surface area (Å²) in [5.41, 5.74) is 4.17. The number of hydrogen-bond acceptors (Lipinski definition) is 6. The first-order valence-corrected chi connectivity index (χ1v) is 9.65. The van der Waals surface area contributed by atoms with Crippen molar-refractivity contribution in [2.24, 2.45) is 11.1 Å². The van der Waals surface area contributed by atoms with E-state index >= 15 is 0 Å². The van der Waals surface area contributed by atoms with Gasteiger partial charge in [0.25, 0.3) is 5.91 Å². The molecule has 2 aliphatic rings. The van der Waals surface area contributed by atoms with E-state index in [1.807, 2.05) is 0 Å². The number of primary amides is 1. The van der Waals surface area contributed by atoms with Gasteiger partial charge in [-0.1, -0.05) is 11.2 Å². The summed E-state index contributed by atoms with van der Waals surface area (Å²) in [6, 6.07) is 6.13. The quantitative estimate of drug-likeness (QED) is 0.766. The van der Waals surface area contributed by atoms with E-state index in [0.29, 0.717) is 25.9 Å². The van der Waals surface area contributed by atoms with Gasteiger partial charge in [0.1, 0.15) is 5.75 Å². The number of benzene rings is 1. The highest BCUT2D eigenvalue weighted by Crippen LogP contribution is 2.49. The first-order chi connectivity index (χ1) is 14.6. The van der Waals surface area contributed by atoms with E-state index in [1.54, 1.807) is 4.90 Å². The van der Waals surface area contributed by atoms with Crippen LogP contribution in [0.3, 0.4) is 0 Å². The van der Waals surface area contributed by atoms with Crippen molar-refractivity contribution in [2.45, 2.75) is 38.1 Å². The minimum Gasteiger partial charge on any atom is -0.490 e. The second kappa shape index (κ2) is 7.78. The molecule has 1 aromatic carbocycles. The fraction of sp³-hybridized carbons (Fsp3) is 0.450. The van der Waals surface area contributed by atoms with Crippen molar-refractivity contribution >= 4 is 12.0 Å². The molecule has 2 heterocycles. The molecule has 0 atom stereocenters. The number of nitrogens with zero attached hydrogens (tertiary/aromatic N) is 2. The fourth-order valence-electron chi connectivity index (χ4n) is 4.07. The molecular weight excluding hydrogens is 419 g/mol. The normalized spacial score (nSPS) is 22.9. The van der Waals surface area contributed by atoms with Gasteiger partial charge in [0.2, 0.25) is 0 Å². The molecule has 4 rings (SSSR count). The number of likely N-dealkylation sites (tertiary alicyclic amines) is 1. The van der Waals surface area contributed by atoms with Crippen LogP contribution in [0.2, 0.25) is 0 Å². The number of amides is 2. The summed E-state index contributed by atoms with van der Waals surface area (Å²) >= 11 is 0. The molecule has 1 aromatic heterocycles. The number of rotatable bonds is 5. The molecule has 11 heteroatoms. The second-order valence-electron chi connectivity index (χ2n) is 7.94. The van der Waals surface area contributed by atoms with Gasteiger partial charge in [0.15, 0.2) is 18.1 Å². The summed E-state index contributed by atoms with van der Waals surface area (Å²) in [6.07, 6.45) is -3.07. The Morgan fingerprint density at radius 1 is 1.29 bits per heavy atom. The van der Waals surface area contributed by atoms with Crippen molar-refractivity contribution in [1.82, 2.24) is 10.1 Å². The molecule has 8 nitrogen and oxygen atoms in total. The lowest BCUT2D eigenvalue weighted by molar-refractivity contribution is -0.137. The predicted octanol–water partition coefficient (Wildman–Crippen LogP) is 3.36. The molecule has 31 heavy (non-hydrogen) atoms. The molecule has 2 N–H and O–H groups in total. The van der Waals surface area contributed by atoms with Crippen molar-refractivity contribution in [1.29, 1.82) is 0 Å². The average Bonchev–Trinajstić information content (AvgIpc) is 3.33. The number of nitrogens with two attached hydrogens (primary N) is 1. The van der Waals surface area contributed by atoms with Crippen LogP contribution in [0.15, 0.2) is 34.9 Å². The topological polar surface area (TPSA) is 108 Å². The average molecular weight is 439 g/mol. The van der Waals surface area contributed by atoms with Gasteiger partial charge in [-0.05, 0) is 42.9 Å². The third-order valence-electron chi connectivity index (χ3n) is 5.63. The Morgan fingerprint density at radius 3 is 2.74 bits per heavy atom. The van der Waals surface area contributed by atoms with Crippen molar-refractivity contribution in [3.05, 3.63) is 47.3 Å². The first kappa shape index (κ1) is 21.0. The van der Waals surface area contributed by atoms with E-state index in [4.69, 9.17) is 19.7 Å². The molecule has 0 unspecified atom stereocenters. The highest BCUT2D eigenvalue weighted by Gasteiger charge is 2.51. The van der Waals surface area contributed by atoms with E-state index in [1.165, 1.54) is 18.2 Å². The Morgan fingerprint density at radius 2 is 2.06 bits per heavy atom. The SMILES string of the molecule is NC(=O)c1cc(COC(=O)N2CCC3(CC(Oc4cccc(C(F)(F)F)c4)C3)C2)on1. The molecule has 0 radical (unpaired) electrons. The largest absolute Gasteiger partial charge is 0.490 e. The third-order valence-corrected chi connectivity index (χ3v) is 5.63. The summed E-state index contributed by atoms with van der Waals surface area (Å²) in [5.74, 6) is -0.352. The Bertz CT molecular complexity index is 984. The van der Waals surface area contributed by atoms with E-state index in [0.717, 1.165) is 18.6 Å². The monoisotopic (exact) mass is 439 g/mol. The van der Waals surface area contributed by atoms with E-state index in [2.05, 4.69) is 5.16 Å². The Labute approximate surface area is 175 Å².